The lowest BCUT2D eigenvalue weighted by molar-refractivity contribution is 0.706. The van der Waals surface area contributed by atoms with E-state index in [9.17, 15) is 0 Å². The number of rotatable bonds is 4. The Bertz CT molecular complexity index is 1100. The molecule has 1 atom stereocenters. The van der Waals surface area contributed by atoms with Gasteiger partial charge in [-0.2, -0.15) is 5.10 Å². The van der Waals surface area contributed by atoms with Crippen molar-refractivity contribution < 1.29 is 0 Å². The molecule has 0 N–H and O–H groups in total. The van der Waals surface area contributed by atoms with Crippen molar-refractivity contribution in [1.82, 2.24) is 4.98 Å². The molecule has 5 heteroatoms. The zero-order valence-electron chi connectivity index (χ0n) is 15.4. The summed E-state index contributed by atoms with van der Waals surface area (Å²) in [5, 5.41) is 12.3. The van der Waals surface area contributed by atoms with Gasteiger partial charge in [-0.05, 0) is 23.9 Å². The molecule has 0 saturated heterocycles. The highest BCUT2D eigenvalue weighted by molar-refractivity contribution is 7.14. The van der Waals surface area contributed by atoms with Crippen molar-refractivity contribution in [2.24, 2.45) is 5.10 Å². The van der Waals surface area contributed by atoms with Crippen molar-refractivity contribution in [2.45, 2.75) is 19.4 Å². The lowest BCUT2D eigenvalue weighted by Crippen LogP contribution is -2.18. The van der Waals surface area contributed by atoms with Crippen LogP contribution in [0.3, 0.4) is 0 Å². The summed E-state index contributed by atoms with van der Waals surface area (Å²) >= 11 is 3.40. The highest BCUT2D eigenvalue weighted by atomic mass is 32.1. The van der Waals surface area contributed by atoms with Crippen molar-refractivity contribution in [2.75, 3.05) is 5.01 Å². The molecule has 0 aliphatic carbocycles. The Labute approximate surface area is 172 Å². The maximum Gasteiger partial charge on any atom is 0.207 e. The first-order chi connectivity index (χ1) is 13.8. The maximum atomic E-state index is 4.99. The number of thiophene rings is 1. The molecule has 1 aliphatic heterocycles. The second-order valence-electron chi connectivity index (χ2n) is 6.88. The van der Waals surface area contributed by atoms with Gasteiger partial charge in [0.05, 0.1) is 22.3 Å². The first-order valence-corrected chi connectivity index (χ1v) is 11.0. The van der Waals surface area contributed by atoms with Gasteiger partial charge >= 0.3 is 0 Å². The van der Waals surface area contributed by atoms with Gasteiger partial charge in [0.2, 0.25) is 5.13 Å². The van der Waals surface area contributed by atoms with Crippen molar-refractivity contribution in [3.63, 3.8) is 0 Å². The average molecular weight is 402 g/mol. The monoisotopic (exact) mass is 401 g/mol. The molecule has 5 rings (SSSR count). The standard InChI is InChI=1S/C23H19N3S2/c1-16-9-11-17(12-10-16)20-15-28-23(24-20)26-21(18-6-3-2-4-7-18)14-19(25-26)22-8-5-13-27-22/h2-13,15,21H,14H2,1H3/t21-/m1/s1. The third-order valence-electron chi connectivity index (χ3n) is 4.94. The second-order valence-corrected chi connectivity index (χ2v) is 8.66. The van der Waals surface area contributed by atoms with Crippen LogP contribution in [0.4, 0.5) is 5.13 Å². The molecule has 1 aliphatic rings. The van der Waals surface area contributed by atoms with Crippen LogP contribution in [0.25, 0.3) is 11.3 Å². The minimum absolute atomic E-state index is 0.176. The van der Waals surface area contributed by atoms with Crippen LogP contribution < -0.4 is 5.01 Å². The Morgan fingerprint density at radius 1 is 0.929 bits per heavy atom. The van der Waals surface area contributed by atoms with Crippen LogP contribution in [0, 0.1) is 6.92 Å². The quantitative estimate of drug-likeness (QED) is 0.389. The summed E-state index contributed by atoms with van der Waals surface area (Å²) in [5.41, 5.74) is 5.81. The molecule has 2 aromatic heterocycles. The molecule has 0 unspecified atom stereocenters. The number of hydrazone groups is 1. The Morgan fingerprint density at radius 2 is 1.75 bits per heavy atom. The fourth-order valence-corrected chi connectivity index (χ4v) is 4.99. The summed E-state index contributed by atoms with van der Waals surface area (Å²) in [6.07, 6.45) is 0.893. The van der Waals surface area contributed by atoms with Crippen LogP contribution >= 0.6 is 22.7 Å². The molecule has 3 heterocycles. The molecule has 0 radical (unpaired) electrons. The molecule has 28 heavy (non-hydrogen) atoms. The van der Waals surface area contributed by atoms with Crippen LogP contribution in [0.1, 0.15) is 28.5 Å². The number of hydrogen-bond donors (Lipinski definition) is 0. The average Bonchev–Trinajstić information content (AvgIpc) is 3.48. The van der Waals surface area contributed by atoms with E-state index in [2.05, 4.69) is 89.4 Å². The van der Waals surface area contributed by atoms with E-state index in [4.69, 9.17) is 10.1 Å². The van der Waals surface area contributed by atoms with Crippen LogP contribution in [-0.4, -0.2) is 10.7 Å². The van der Waals surface area contributed by atoms with Gasteiger partial charge in [-0.25, -0.2) is 9.99 Å². The predicted molar refractivity (Wildman–Crippen MR) is 119 cm³/mol. The first kappa shape index (κ1) is 17.3. The van der Waals surface area contributed by atoms with Crippen molar-refractivity contribution in [3.05, 3.63) is 93.5 Å². The second kappa shape index (κ2) is 7.34. The fourth-order valence-electron chi connectivity index (χ4n) is 3.44. The van der Waals surface area contributed by atoms with Gasteiger partial charge in [0.25, 0.3) is 0 Å². The molecule has 0 bridgehead atoms. The summed E-state index contributed by atoms with van der Waals surface area (Å²) in [6.45, 7) is 2.10. The zero-order chi connectivity index (χ0) is 18.9. The van der Waals surface area contributed by atoms with Gasteiger partial charge < -0.3 is 0 Å². The van der Waals surface area contributed by atoms with Crippen LogP contribution in [0.5, 0.6) is 0 Å². The van der Waals surface area contributed by atoms with Crippen LogP contribution in [0.15, 0.2) is 82.6 Å². The van der Waals surface area contributed by atoms with E-state index in [0.717, 1.165) is 28.5 Å². The summed E-state index contributed by atoms with van der Waals surface area (Å²) in [5.74, 6) is 0. The van der Waals surface area contributed by atoms with Crippen molar-refractivity contribution in [3.8, 4) is 11.3 Å². The molecule has 138 valence electrons. The number of hydrogen-bond acceptors (Lipinski definition) is 5. The highest BCUT2D eigenvalue weighted by Gasteiger charge is 2.32. The Balaban J connectivity index is 1.52. The van der Waals surface area contributed by atoms with E-state index in [1.807, 2.05) is 0 Å². The van der Waals surface area contributed by atoms with E-state index in [1.165, 1.54) is 16.0 Å². The summed E-state index contributed by atoms with van der Waals surface area (Å²) in [7, 11) is 0. The molecular weight excluding hydrogens is 382 g/mol. The molecule has 4 aromatic rings. The number of aromatic nitrogens is 1. The van der Waals surface area contributed by atoms with Crippen LogP contribution in [0.2, 0.25) is 0 Å². The maximum absolute atomic E-state index is 4.99. The minimum atomic E-state index is 0.176. The topological polar surface area (TPSA) is 28.5 Å². The first-order valence-electron chi connectivity index (χ1n) is 9.26. The van der Waals surface area contributed by atoms with Crippen molar-refractivity contribution >= 4 is 33.5 Å². The Hall–Kier alpha value is -2.76. The molecule has 3 nitrogen and oxygen atoms in total. The lowest BCUT2D eigenvalue weighted by Gasteiger charge is -2.21. The highest BCUT2D eigenvalue weighted by Crippen LogP contribution is 2.39. The number of aryl methyl sites for hydroxylation is 1. The number of thiazole rings is 1. The van der Waals surface area contributed by atoms with Gasteiger partial charge in [0, 0.05) is 17.4 Å². The van der Waals surface area contributed by atoms with Gasteiger partial charge in [-0.3, -0.25) is 0 Å². The van der Waals surface area contributed by atoms with Gasteiger partial charge in [0.1, 0.15) is 0 Å². The summed E-state index contributed by atoms with van der Waals surface area (Å²) in [4.78, 5) is 6.16. The molecule has 0 fully saturated rings. The minimum Gasteiger partial charge on any atom is -0.231 e. The van der Waals surface area contributed by atoms with Gasteiger partial charge in [-0.15, -0.1) is 22.7 Å². The molecule has 0 saturated carbocycles. The van der Waals surface area contributed by atoms with Gasteiger partial charge in [-0.1, -0.05) is 66.2 Å². The number of benzene rings is 2. The zero-order valence-corrected chi connectivity index (χ0v) is 17.1. The van der Waals surface area contributed by atoms with E-state index in [-0.39, 0.29) is 6.04 Å². The van der Waals surface area contributed by atoms with E-state index in [1.54, 1.807) is 22.7 Å². The fraction of sp³-hybridized carbons (Fsp3) is 0.130. The molecule has 0 amide bonds. The third-order valence-corrected chi connectivity index (χ3v) is 6.68. The van der Waals surface area contributed by atoms with E-state index in [0.29, 0.717) is 0 Å². The smallest absolute Gasteiger partial charge is 0.207 e. The molecule has 2 aromatic carbocycles. The third kappa shape index (κ3) is 3.28. The SMILES string of the molecule is Cc1ccc(-c2csc(N3N=C(c4cccs4)C[C@@H]3c3ccccc3)n2)cc1. The normalized spacial score (nSPS) is 16.4. The van der Waals surface area contributed by atoms with E-state index < -0.39 is 0 Å². The van der Waals surface area contributed by atoms with Crippen molar-refractivity contribution in [1.29, 1.82) is 0 Å². The summed E-state index contributed by atoms with van der Waals surface area (Å²) in [6, 6.07) is 23.5. The van der Waals surface area contributed by atoms with Crippen LogP contribution in [-0.2, 0) is 0 Å². The van der Waals surface area contributed by atoms with E-state index >= 15 is 0 Å². The largest absolute Gasteiger partial charge is 0.231 e. The predicted octanol–water partition coefficient (Wildman–Crippen LogP) is 6.54. The summed E-state index contributed by atoms with van der Waals surface area (Å²) < 4.78 is 0. The lowest BCUT2D eigenvalue weighted by atomic mass is 10.0. The molecule has 0 spiro atoms. The number of nitrogens with zero attached hydrogens (tertiary/aromatic N) is 3. The number of anilines is 1. The Kier molecular flexibility index (Phi) is 4.55. The Morgan fingerprint density at radius 3 is 2.50 bits per heavy atom. The van der Waals surface area contributed by atoms with Gasteiger partial charge in [0.15, 0.2) is 0 Å². The molecular formula is C23H19N3S2.